The molecule has 0 spiro atoms. The van der Waals surface area contributed by atoms with Crippen molar-refractivity contribution in [3.63, 3.8) is 0 Å². The maximum Gasteiger partial charge on any atom is 0.177 e. The van der Waals surface area contributed by atoms with Crippen molar-refractivity contribution in [2.45, 2.75) is 17.9 Å². The third kappa shape index (κ3) is 1.94. The van der Waals surface area contributed by atoms with E-state index >= 15 is 0 Å². The Hall–Kier alpha value is -1.40. The van der Waals surface area contributed by atoms with Gasteiger partial charge in [-0.3, -0.25) is 0 Å². The SMILES string of the molecule is CC(O)c1nc2c(S(C)(=O)=O)cccc2n1C. The fourth-order valence-electron chi connectivity index (χ4n) is 1.88. The highest BCUT2D eigenvalue weighted by molar-refractivity contribution is 7.91. The summed E-state index contributed by atoms with van der Waals surface area (Å²) in [4.78, 5) is 4.40. The molecule has 1 heterocycles. The summed E-state index contributed by atoms with van der Waals surface area (Å²) in [7, 11) is -1.56. The summed E-state index contributed by atoms with van der Waals surface area (Å²) in [5.74, 6) is 0.455. The lowest BCUT2D eigenvalue weighted by Gasteiger charge is -2.03. The molecule has 1 unspecified atom stereocenters. The molecule has 1 aromatic heterocycles. The van der Waals surface area contributed by atoms with Gasteiger partial charge in [0.2, 0.25) is 0 Å². The van der Waals surface area contributed by atoms with E-state index < -0.39 is 15.9 Å². The highest BCUT2D eigenvalue weighted by atomic mass is 32.2. The Bertz CT molecular complexity index is 671. The van der Waals surface area contributed by atoms with Gasteiger partial charge < -0.3 is 9.67 Å². The van der Waals surface area contributed by atoms with Crippen molar-refractivity contribution in [2.24, 2.45) is 7.05 Å². The molecule has 0 bridgehead atoms. The molecule has 0 amide bonds. The van der Waals surface area contributed by atoms with Gasteiger partial charge in [0.1, 0.15) is 17.4 Å². The second-order valence-electron chi connectivity index (χ2n) is 4.10. The van der Waals surface area contributed by atoms with Gasteiger partial charge in [0.25, 0.3) is 0 Å². The van der Waals surface area contributed by atoms with E-state index in [-0.39, 0.29) is 4.90 Å². The molecule has 1 aromatic carbocycles. The Morgan fingerprint density at radius 1 is 1.41 bits per heavy atom. The first kappa shape index (κ1) is 12.1. The second kappa shape index (κ2) is 3.82. The molecule has 6 heteroatoms. The van der Waals surface area contributed by atoms with Crippen molar-refractivity contribution in [3.05, 3.63) is 24.0 Å². The summed E-state index contributed by atoms with van der Waals surface area (Å²) in [6.07, 6.45) is 0.415. The normalized spacial score (nSPS) is 14.1. The fraction of sp³-hybridized carbons (Fsp3) is 0.364. The predicted molar refractivity (Wildman–Crippen MR) is 64.5 cm³/mol. The van der Waals surface area contributed by atoms with Crippen LogP contribution in [0.15, 0.2) is 23.1 Å². The Morgan fingerprint density at radius 3 is 2.59 bits per heavy atom. The van der Waals surface area contributed by atoms with Gasteiger partial charge in [0.05, 0.1) is 10.4 Å². The van der Waals surface area contributed by atoms with Gasteiger partial charge >= 0.3 is 0 Å². The minimum atomic E-state index is -3.32. The molecule has 1 N–H and O–H groups in total. The number of rotatable bonds is 2. The fourth-order valence-corrected chi connectivity index (χ4v) is 2.71. The van der Waals surface area contributed by atoms with Gasteiger partial charge in [-0.25, -0.2) is 13.4 Å². The number of hydrogen-bond acceptors (Lipinski definition) is 4. The molecule has 2 aromatic rings. The Balaban J connectivity index is 2.88. The number of fused-ring (bicyclic) bond motifs is 1. The lowest BCUT2D eigenvalue weighted by atomic mass is 10.3. The average Bonchev–Trinajstić information content (AvgIpc) is 2.55. The number of aryl methyl sites for hydroxylation is 1. The maximum absolute atomic E-state index is 11.6. The van der Waals surface area contributed by atoms with Gasteiger partial charge in [-0.2, -0.15) is 0 Å². The Kier molecular flexibility index (Phi) is 2.71. The van der Waals surface area contributed by atoms with Crippen LogP contribution in [0.5, 0.6) is 0 Å². The molecule has 2 rings (SSSR count). The van der Waals surface area contributed by atoms with E-state index in [0.29, 0.717) is 16.9 Å². The first-order chi connectivity index (χ1) is 7.82. The highest BCUT2D eigenvalue weighted by Gasteiger charge is 2.18. The van der Waals surface area contributed by atoms with Gasteiger partial charge in [-0.1, -0.05) is 6.07 Å². The van der Waals surface area contributed by atoms with E-state index in [1.54, 1.807) is 30.7 Å². The zero-order chi connectivity index (χ0) is 12.8. The van der Waals surface area contributed by atoms with E-state index in [9.17, 15) is 13.5 Å². The van der Waals surface area contributed by atoms with Crippen LogP contribution in [0.25, 0.3) is 11.0 Å². The van der Waals surface area contributed by atoms with Crippen LogP contribution in [0.2, 0.25) is 0 Å². The van der Waals surface area contributed by atoms with Crippen LogP contribution in [0.1, 0.15) is 18.9 Å². The van der Waals surface area contributed by atoms with Crippen LogP contribution in [0.3, 0.4) is 0 Å². The molecule has 0 aliphatic heterocycles. The van der Waals surface area contributed by atoms with Crippen molar-refractivity contribution in [1.82, 2.24) is 9.55 Å². The minimum absolute atomic E-state index is 0.192. The van der Waals surface area contributed by atoms with Crippen LogP contribution in [0.4, 0.5) is 0 Å². The number of imidazole rings is 1. The molecule has 0 aliphatic carbocycles. The molecule has 92 valence electrons. The van der Waals surface area contributed by atoms with Crippen molar-refractivity contribution in [1.29, 1.82) is 0 Å². The van der Waals surface area contributed by atoms with Gasteiger partial charge in [0.15, 0.2) is 9.84 Å². The number of benzene rings is 1. The molecular formula is C11H14N2O3S. The average molecular weight is 254 g/mol. The molecule has 0 aliphatic rings. The number of aromatic nitrogens is 2. The third-order valence-corrected chi connectivity index (χ3v) is 3.81. The Labute approximate surface area is 99.6 Å². The predicted octanol–water partition coefficient (Wildman–Crippen LogP) is 1.03. The standard InChI is InChI=1S/C11H14N2O3S/c1-7(14)11-12-10-8(13(11)2)5-4-6-9(10)17(3,15)16/h4-7,14H,1-3H3. The lowest BCUT2D eigenvalue weighted by molar-refractivity contribution is 0.186. The summed E-state index contributed by atoms with van der Waals surface area (Å²) in [6.45, 7) is 1.60. The molecule has 17 heavy (non-hydrogen) atoms. The quantitative estimate of drug-likeness (QED) is 0.868. The van der Waals surface area contributed by atoms with Gasteiger partial charge in [-0.15, -0.1) is 0 Å². The zero-order valence-electron chi connectivity index (χ0n) is 9.88. The van der Waals surface area contributed by atoms with E-state index in [4.69, 9.17) is 0 Å². The van der Waals surface area contributed by atoms with Crippen LogP contribution < -0.4 is 0 Å². The second-order valence-corrected chi connectivity index (χ2v) is 6.09. The molecule has 0 fully saturated rings. The summed E-state index contributed by atoms with van der Waals surface area (Å²) < 4.78 is 25.0. The number of hydrogen-bond donors (Lipinski definition) is 1. The third-order valence-electron chi connectivity index (χ3n) is 2.68. The zero-order valence-corrected chi connectivity index (χ0v) is 10.7. The number of nitrogens with zero attached hydrogens (tertiary/aromatic N) is 2. The summed E-state index contributed by atoms with van der Waals surface area (Å²) in [5.41, 5.74) is 1.11. The molecule has 0 saturated heterocycles. The summed E-state index contributed by atoms with van der Waals surface area (Å²) >= 11 is 0. The van der Waals surface area contributed by atoms with E-state index in [1.165, 1.54) is 6.07 Å². The topological polar surface area (TPSA) is 72.2 Å². The van der Waals surface area contributed by atoms with Crippen LogP contribution >= 0.6 is 0 Å². The smallest absolute Gasteiger partial charge is 0.177 e. The number of para-hydroxylation sites is 1. The number of aliphatic hydroxyl groups excluding tert-OH is 1. The summed E-state index contributed by atoms with van der Waals surface area (Å²) in [6, 6.07) is 4.98. The minimum Gasteiger partial charge on any atom is -0.385 e. The molecular weight excluding hydrogens is 240 g/mol. The van der Waals surface area contributed by atoms with Crippen LogP contribution in [0, 0.1) is 0 Å². The van der Waals surface area contributed by atoms with Gasteiger partial charge in [0, 0.05) is 13.3 Å². The molecule has 5 nitrogen and oxygen atoms in total. The van der Waals surface area contributed by atoms with Gasteiger partial charge in [-0.05, 0) is 19.1 Å². The van der Waals surface area contributed by atoms with E-state index in [2.05, 4.69) is 4.98 Å². The molecule has 1 atom stereocenters. The lowest BCUT2D eigenvalue weighted by Crippen LogP contribution is -2.01. The summed E-state index contributed by atoms with van der Waals surface area (Å²) in [5, 5.41) is 9.57. The largest absolute Gasteiger partial charge is 0.385 e. The first-order valence-electron chi connectivity index (χ1n) is 5.16. The van der Waals surface area contributed by atoms with Crippen molar-refractivity contribution < 1.29 is 13.5 Å². The van der Waals surface area contributed by atoms with Crippen molar-refractivity contribution in [3.8, 4) is 0 Å². The Morgan fingerprint density at radius 2 is 2.06 bits per heavy atom. The van der Waals surface area contributed by atoms with Crippen molar-refractivity contribution in [2.75, 3.05) is 6.26 Å². The van der Waals surface area contributed by atoms with Crippen LogP contribution in [-0.2, 0) is 16.9 Å². The number of sulfone groups is 1. The van der Waals surface area contributed by atoms with E-state index in [1.807, 2.05) is 0 Å². The monoisotopic (exact) mass is 254 g/mol. The highest BCUT2D eigenvalue weighted by Crippen LogP contribution is 2.25. The van der Waals surface area contributed by atoms with Crippen molar-refractivity contribution >= 4 is 20.9 Å². The first-order valence-corrected chi connectivity index (χ1v) is 7.05. The maximum atomic E-state index is 11.6. The number of aliphatic hydroxyl groups is 1. The van der Waals surface area contributed by atoms with E-state index in [0.717, 1.165) is 6.26 Å². The van der Waals surface area contributed by atoms with Crippen LogP contribution in [-0.4, -0.2) is 29.3 Å². The molecule has 0 radical (unpaired) electrons. The molecule has 0 saturated carbocycles.